The minimum Gasteiger partial charge on any atom is -1.00 e. The maximum atomic E-state index is 11.9. The van der Waals surface area contributed by atoms with Gasteiger partial charge in [0, 0.05) is 0 Å². The van der Waals surface area contributed by atoms with Crippen molar-refractivity contribution >= 4 is 12.2 Å². The smallest absolute Gasteiger partial charge is 0.323 e. The zero-order valence-electron chi connectivity index (χ0n) is 11.6. The van der Waals surface area contributed by atoms with Crippen LogP contribution in [-0.4, -0.2) is 23.8 Å². The van der Waals surface area contributed by atoms with E-state index in [2.05, 4.69) is 11.9 Å². The van der Waals surface area contributed by atoms with Crippen LogP contribution in [-0.2, 0) is 4.79 Å². The maximum Gasteiger partial charge on any atom is 0.323 e. The third kappa shape index (κ3) is 5.78. The van der Waals surface area contributed by atoms with Crippen LogP contribution in [0.4, 0.5) is 0 Å². The quantitative estimate of drug-likeness (QED) is 0.470. The van der Waals surface area contributed by atoms with Crippen LogP contribution in [0.15, 0.2) is 17.4 Å². The molecule has 1 atom stereocenters. The van der Waals surface area contributed by atoms with E-state index in [0.717, 1.165) is 6.42 Å². The van der Waals surface area contributed by atoms with Crippen LogP contribution < -0.4 is 12.4 Å². The molecule has 0 fully saturated rings. The number of nitrogens with zero attached hydrogens (tertiary/aromatic N) is 2. The number of hydrogen-bond acceptors (Lipinski definition) is 2. The van der Waals surface area contributed by atoms with E-state index in [1.807, 2.05) is 13.2 Å². The van der Waals surface area contributed by atoms with Gasteiger partial charge in [0.15, 0.2) is 0 Å². The average molecular weight is 273 g/mol. The lowest BCUT2D eigenvalue weighted by molar-refractivity contribution is -0.673. The Balaban J connectivity index is 0.00000289. The molecule has 0 saturated heterocycles. The molecule has 3 nitrogen and oxygen atoms in total. The number of unbranched alkanes of at least 4 members (excludes halogenated alkanes) is 6. The van der Waals surface area contributed by atoms with Crippen LogP contribution in [0.3, 0.4) is 0 Å². The Bertz CT molecular complexity index is 288. The number of quaternary nitrogens is 1. The van der Waals surface area contributed by atoms with Gasteiger partial charge in [-0.05, 0) is 6.42 Å². The zero-order chi connectivity index (χ0) is 12.6. The van der Waals surface area contributed by atoms with Crippen LogP contribution in [0.2, 0.25) is 0 Å². The summed E-state index contributed by atoms with van der Waals surface area (Å²) in [5.74, 6) is 0.246. The maximum absolute atomic E-state index is 11.9. The first-order chi connectivity index (χ1) is 8.19. The van der Waals surface area contributed by atoms with Crippen molar-refractivity contribution in [3.05, 3.63) is 12.4 Å². The van der Waals surface area contributed by atoms with Crippen LogP contribution >= 0.6 is 0 Å². The number of carbonyl (C=O) groups excluding carboxylic acids is 1. The second kappa shape index (κ2) is 9.29. The second-order valence-electron chi connectivity index (χ2n) is 4.98. The van der Waals surface area contributed by atoms with Gasteiger partial charge in [-0.1, -0.05) is 45.4 Å². The van der Waals surface area contributed by atoms with E-state index in [4.69, 9.17) is 0 Å². The molecule has 0 radical (unpaired) electrons. The molecule has 1 heterocycles. The fourth-order valence-electron chi connectivity index (χ4n) is 2.01. The van der Waals surface area contributed by atoms with Crippen molar-refractivity contribution in [2.24, 2.45) is 4.99 Å². The summed E-state index contributed by atoms with van der Waals surface area (Å²) in [6, 6.07) is 0. The lowest BCUT2D eigenvalue weighted by Gasteiger charge is -2.18. The van der Waals surface area contributed by atoms with Gasteiger partial charge in [0.25, 0.3) is 0 Å². The van der Waals surface area contributed by atoms with Crippen molar-refractivity contribution in [1.29, 1.82) is 0 Å². The Morgan fingerprint density at radius 3 is 2.28 bits per heavy atom. The van der Waals surface area contributed by atoms with Gasteiger partial charge in [0.05, 0.1) is 19.7 Å². The highest BCUT2D eigenvalue weighted by Gasteiger charge is 2.29. The zero-order valence-corrected chi connectivity index (χ0v) is 12.3. The third-order valence-electron chi connectivity index (χ3n) is 3.30. The molecule has 0 N–H and O–H groups in total. The van der Waals surface area contributed by atoms with Gasteiger partial charge in [-0.3, -0.25) is 0 Å². The standard InChI is InChI=1S/C14H25N2O.ClH/c1-3-4-5-6-7-8-9-10-14(17)16(2)12-11-15-13-16;/h11-13H,3-10H2,1-2H3;1H/q+1;/p-1. The molecule has 1 amide bonds. The molecule has 0 aromatic rings. The number of halogens is 1. The van der Waals surface area contributed by atoms with E-state index in [9.17, 15) is 4.79 Å². The van der Waals surface area contributed by atoms with E-state index < -0.39 is 0 Å². The topological polar surface area (TPSA) is 29.4 Å². The molecule has 0 saturated carbocycles. The Labute approximate surface area is 117 Å². The Morgan fingerprint density at radius 1 is 1.11 bits per heavy atom. The van der Waals surface area contributed by atoms with Crippen molar-refractivity contribution < 1.29 is 21.7 Å². The molecule has 1 aliphatic rings. The summed E-state index contributed by atoms with van der Waals surface area (Å²) < 4.78 is 0.246. The summed E-state index contributed by atoms with van der Waals surface area (Å²) in [6.07, 6.45) is 14.6. The molecular formula is C14H25ClN2O. The fraction of sp³-hybridized carbons (Fsp3) is 0.714. The highest BCUT2D eigenvalue weighted by molar-refractivity contribution is 5.78. The van der Waals surface area contributed by atoms with E-state index in [1.165, 1.54) is 38.5 Å². The average Bonchev–Trinajstić information content (AvgIpc) is 2.76. The Kier molecular flexibility index (Phi) is 8.94. The van der Waals surface area contributed by atoms with Gasteiger partial charge in [-0.2, -0.15) is 4.48 Å². The van der Waals surface area contributed by atoms with Gasteiger partial charge in [-0.25, -0.2) is 9.79 Å². The van der Waals surface area contributed by atoms with Crippen LogP contribution in [0.1, 0.15) is 58.3 Å². The Hall–Kier alpha value is -0.670. The summed E-state index contributed by atoms with van der Waals surface area (Å²) in [6.45, 7) is 2.23. The first kappa shape index (κ1) is 17.3. The molecule has 0 aromatic heterocycles. The summed E-state index contributed by atoms with van der Waals surface area (Å²) in [5, 5.41) is 0. The molecule has 0 aliphatic carbocycles. The molecule has 1 unspecified atom stereocenters. The molecule has 104 valence electrons. The van der Waals surface area contributed by atoms with Crippen molar-refractivity contribution in [2.45, 2.75) is 58.3 Å². The first-order valence-electron chi connectivity index (χ1n) is 6.80. The summed E-state index contributed by atoms with van der Waals surface area (Å²) in [4.78, 5) is 15.9. The minimum absolute atomic E-state index is 0. The van der Waals surface area contributed by atoms with E-state index in [0.29, 0.717) is 6.42 Å². The van der Waals surface area contributed by atoms with Gasteiger partial charge >= 0.3 is 5.91 Å². The second-order valence-corrected chi connectivity index (χ2v) is 4.98. The number of rotatable bonds is 8. The third-order valence-corrected chi connectivity index (χ3v) is 3.30. The first-order valence-corrected chi connectivity index (χ1v) is 6.80. The fourth-order valence-corrected chi connectivity index (χ4v) is 2.01. The predicted octanol–water partition coefficient (Wildman–Crippen LogP) is 0.617. The summed E-state index contributed by atoms with van der Waals surface area (Å²) in [7, 11) is 1.89. The molecule has 18 heavy (non-hydrogen) atoms. The van der Waals surface area contributed by atoms with Crippen LogP contribution in [0.5, 0.6) is 0 Å². The molecule has 0 bridgehead atoms. The normalized spacial score (nSPS) is 21.0. The van der Waals surface area contributed by atoms with Gasteiger partial charge in [-0.15, -0.1) is 0 Å². The lowest BCUT2D eigenvalue weighted by atomic mass is 10.1. The molecule has 1 rings (SSSR count). The molecule has 1 aliphatic heterocycles. The van der Waals surface area contributed by atoms with Crippen molar-refractivity contribution in [3.63, 3.8) is 0 Å². The number of carbonyl (C=O) groups is 1. The lowest BCUT2D eigenvalue weighted by Crippen LogP contribution is -3.00. The van der Waals surface area contributed by atoms with Gasteiger partial charge in [0.1, 0.15) is 6.20 Å². The van der Waals surface area contributed by atoms with Gasteiger partial charge < -0.3 is 12.4 Å². The van der Waals surface area contributed by atoms with Crippen molar-refractivity contribution in [2.75, 3.05) is 7.05 Å². The number of hydrogen-bond donors (Lipinski definition) is 0. The monoisotopic (exact) mass is 272 g/mol. The Morgan fingerprint density at radius 2 is 1.72 bits per heavy atom. The van der Waals surface area contributed by atoms with E-state index in [-0.39, 0.29) is 22.8 Å². The SMILES string of the molecule is CCCCCCCCCC(=O)[N+]1(C)C=CN=C1.[Cl-]. The number of aliphatic imine (C=N–C) groups is 1. The molecule has 4 heteroatoms. The van der Waals surface area contributed by atoms with Crippen molar-refractivity contribution in [1.82, 2.24) is 0 Å². The minimum atomic E-state index is 0. The van der Waals surface area contributed by atoms with Crippen LogP contribution in [0, 0.1) is 0 Å². The highest BCUT2D eigenvalue weighted by Crippen LogP contribution is 2.14. The van der Waals surface area contributed by atoms with Gasteiger partial charge in [0.2, 0.25) is 6.34 Å². The van der Waals surface area contributed by atoms with E-state index >= 15 is 0 Å². The summed E-state index contributed by atoms with van der Waals surface area (Å²) >= 11 is 0. The predicted molar refractivity (Wildman–Crippen MR) is 71.4 cm³/mol. The largest absolute Gasteiger partial charge is 1.00 e. The number of amides is 1. The molecule has 0 aromatic carbocycles. The van der Waals surface area contributed by atoms with Crippen molar-refractivity contribution in [3.8, 4) is 0 Å². The van der Waals surface area contributed by atoms with Crippen LogP contribution in [0.25, 0.3) is 0 Å². The molecule has 0 spiro atoms. The molecular weight excluding hydrogens is 248 g/mol. The van der Waals surface area contributed by atoms with E-state index in [1.54, 1.807) is 12.5 Å². The summed E-state index contributed by atoms with van der Waals surface area (Å²) in [5.41, 5.74) is 0. The highest BCUT2D eigenvalue weighted by atomic mass is 35.5.